The standard InChI is InChI=1S/C17H24N2O3/c1-3-10-19(11-14-4-5-14)17(21)12-22-16-8-6-15(7-9-16)18-13(2)20/h6-9,14H,3-5,10-12H2,1-2H3,(H,18,20). The Bertz CT molecular complexity index is 509. The third-order valence-electron chi connectivity index (χ3n) is 3.56. The van der Waals surface area contributed by atoms with E-state index < -0.39 is 0 Å². The molecule has 1 aromatic carbocycles. The Morgan fingerprint density at radius 1 is 1.27 bits per heavy atom. The zero-order valence-electron chi connectivity index (χ0n) is 13.3. The monoisotopic (exact) mass is 304 g/mol. The van der Waals surface area contributed by atoms with E-state index in [1.807, 2.05) is 4.90 Å². The van der Waals surface area contributed by atoms with Crippen LogP contribution in [-0.2, 0) is 9.59 Å². The molecular formula is C17H24N2O3. The molecule has 1 aliphatic rings. The van der Waals surface area contributed by atoms with E-state index in [0.29, 0.717) is 17.4 Å². The minimum absolute atomic E-state index is 0.0414. The molecule has 5 heteroatoms. The van der Waals surface area contributed by atoms with Crippen LogP contribution in [0.3, 0.4) is 0 Å². The molecule has 0 unspecified atom stereocenters. The third-order valence-corrected chi connectivity index (χ3v) is 3.56. The first-order valence-electron chi connectivity index (χ1n) is 7.86. The average Bonchev–Trinajstić information content (AvgIpc) is 3.29. The smallest absolute Gasteiger partial charge is 0.260 e. The lowest BCUT2D eigenvalue weighted by Crippen LogP contribution is -2.37. The Morgan fingerprint density at radius 3 is 2.50 bits per heavy atom. The summed E-state index contributed by atoms with van der Waals surface area (Å²) in [6.45, 7) is 5.25. The van der Waals surface area contributed by atoms with Gasteiger partial charge in [-0.3, -0.25) is 9.59 Å². The summed E-state index contributed by atoms with van der Waals surface area (Å²) < 4.78 is 5.55. The highest BCUT2D eigenvalue weighted by molar-refractivity contribution is 5.88. The first-order chi connectivity index (χ1) is 10.6. The summed E-state index contributed by atoms with van der Waals surface area (Å²) in [7, 11) is 0. The SMILES string of the molecule is CCCN(CC1CC1)C(=O)COc1ccc(NC(C)=O)cc1. The fourth-order valence-electron chi connectivity index (χ4n) is 2.27. The van der Waals surface area contributed by atoms with Gasteiger partial charge in [0.15, 0.2) is 6.61 Å². The molecule has 2 amide bonds. The average molecular weight is 304 g/mol. The van der Waals surface area contributed by atoms with Gasteiger partial charge >= 0.3 is 0 Å². The van der Waals surface area contributed by atoms with Crippen LogP contribution < -0.4 is 10.1 Å². The van der Waals surface area contributed by atoms with Crippen molar-refractivity contribution in [1.82, 2.24) is 4.90 Å². The second kappa shape index (κ2) is 7.82. The minimum Gasteiger partial charge on any atom is -0.484 e. The van der Waals surface area contributed by atoms with Crippen molar-refractivity contribution in [2.45, 2.75) is 33.1 Å². The molecule has 0 heterocycles. The van der Waals surface area contributed by atoms with Crippen LogP contribution in [0.5, 0.6) is 5.75 Å². The number of carbonyl (C=O) groups is 2. The van der Waals surface area contributed by atoms with Crippen LogP contribution in [0, 0.1) is 5.92 Å². The summed E-state index contributed by atoms with van der Waals surface area (Å²) in [4.78, 5) is 25.1. The Labute approximate surface area is 131 Å². The molecule has 1 aliphatic carbocycles. The van der Waals surface area contributed by atoms with Crippen molar-refractivity contribution in [3.8, 4) is 5.75 Å². The molecule has 1 N–H and O–H groups in total. The number of nitrogens with zero attached hydrogens (tertiary/aromatic N) is 1. The van der Waals surface area contributed by atoms with Gasteiger partial charge in [0.2, 0.25) is 5.91 Å². The molecule has 0 atom stereocenters. The summed E-state index contributed by atoms with van der Waals surface area (Å²) in [6, 6.07) is 7.03. The maximum Gasteiger partial charge on any atom is 0.260 e. The number of benzene rings is 1. The summed E-state index contributed by atoms with van der Waals surface area (Å²) in [5.74, 6) is 1.25. The van der Waals surface area contributed by atoms with E-state index in [1.54, 1.807) is 24.3 Å². The van der Waals surface area contributed by atoms with Crippen molar-refractivity contribution in [3.05, 3.63) is 24.3 Å². The number of anilines is 1. The molecule has 0 aliphatic heterocycles. The number of hydrogen-bond acceptors (Lipinski definition) is 3. The maximum atomic E-state index is 12.2. The van der Waals surface area contributed by atoms with Crippen molar-refractivity contribution in [3.63, 3.8) is 0 Å². The van der Waals surface area contributed by atoms with Gasteiger partial charge in [0.05, 0.1) is 0 Å². The zero-order chi connectivity index (χ0) is 15.9. The minimum atomic E-state index is -0.112. The van der Waals surface area contributed by atoms with E-state index in [2.05, 4.69) is 12.2 Å². The molecule has 2 rings (SSSR count). The van der Waals surface area contributed by atoms with E-state index in [-0.39, 0.29) is 18.4 Å². The summed E-state index contributed by atoms with van der Waals surface area (Å²) in [5, 5.41) is 2.69. The van der Waals surface area contributed by atoms with Gasteiger partial charge in [-0.2, -0.15) is 0 Å². The van der Waals surface area contributed by atoms with Crippen molar-refractivity contribution in [2.24, 2.45) is 5.92 Å². The predicted octanol–water partition coefficient (Wildman–Crippen LogP) is 2.67. The number of rotatable bonds is 8. The number of ether oxygens (including phenoxy) is 1. The quantitative estimate of drug-likeness (QED) is 0.803. The molecule has 5 nitrogen and oxygen atoms in total. The van der Waals surface area contributed by atoms with Crippen LogP contribution >= 0.6 is 0 Å². The van der Waals surface area contributed by atoms with Crippen LogP contribution in [0.1, 0.15) is 33.1 Å². The van der Waals surface area contributed by atoms with Gasteiger partial charge in [0.1, 0.15) is 5.75 Å². The van der Waals surface area contributed by atoms with Gasteiger partial charge in [-0.15, -0.1) is 0 Å². The number of carbonyl (C=O) groups excluding carboxylic acids is 2. The first-order valence-corrected chi connectivity index (χ1v) is 7.86. The lowest BCUT2D eigenvalue weighted by Gasteiger charge is -2.22. The summed E-state index contributed by atoms with van der Waals surface area (Å²) in [5.41, 5.74) is 0.715. The molecule has 22 heavy (non-hydrogen) atoms. The van der Waals surface area contributed by atoms with E-state index >= 15 is 0 Å². The normalized spacial score (nSPS) is 13.5. The summed E-state index contributed by atoms with van der Waals surface area (Å²) >= 11 is 0. The van der Waals surface area contributed by atoms with E-state index in [1.165, 1.54) is 19.8 Å². The first kappa shape index (κ1) is 16.3. The van der Waals surface area contributed by atoms with Crippen molar-refractivity contribution < 1.29 is 14.3 Å². The lowest BCUT2D eigenvalue weighted by atomic mass is 10.3. The zero-order valence-corrected chi connectivity index (χ0v) is 13.3. The topological polar surface area (TPSA) is 58.6 Å². The molecule has 0 spiro atoms. The third kappa shape index (κ3) is 5.39. The lowest BCUT2D eigenvalue weighted by molar-refractivity contribution is -0.133. The fraction of sp³-hybridized carbons (Fsp3) is 0.529. The Balaban J connectivity index is 1.82. The van der Waals surface area contributed by atoms with Crippen LogP contribution in [0.25, 0.3) is 0 Å². The van der Waals surface area contributed by atoms with Gasteiger partial charge in [0.25, 0.3) is 5.91 Å². The Hall–Kier alpha value is -2.04. The van der Waals surface area contributed by atoms with Crippen molar-refractivity contribution in [2.75, 3.05) is 25.0 Å². The van der Waals surface area contributed by atoms with Gasteiger partial charge in [-0.05, 0) is 49.4 Å². The van der Waals surface area contributed by atoms with Crippen LogP contribution in [-0.4, -0.2) is 36.4 Å². The number of amides is 2. The molecule has 1 aromatic rings. The second-order valence-corrected chi connectivity index (χ2v) is 5.78. The van der Waals surface area contributed by atoms with Gasteiger partial charge in [-0.25, -0.2) is 0 Å². The fourth-order valence-corrected chi connectivity index (χ4v) is 2.27. The van der Waals surface area contributed by atoms with Gasteiger partial charge < -0.3 is 15.0 Å². The van der Waals surface area contributed by atoms with Gasteiger partial charge in [0, 0.05) is 25.7 Å². The largest absolute Gasteiger partial charge is 0.484 e. The molecule has 0 bridgehead atoms. The van der Waals surface area contributed by atoms with E-state index in [4.69, 9.17) is 4.74 Å². The van der Waals surface area contributed by atoms with Crippen LogP contribution in [0.15, 0.2) is 24.3 Å². The molecule has 0 saturated heterocycles. The molecule has 1 fully saturated rings. The van der Waals surface area contributed by atoms with Crippen molar-refractivity contribution in [1.29, 1.82) is 0 Å². The predicted molar refractivity (Wildman–Crippen MR) is 85.8 cm³/mol. The highest BCUT2D eigenvalue weighted by Gasteiger charge is 2.26. The second-order valence-electron chi connectivity index (χ2n) is 5.78. The van der Waals surface area contributed by atoms with Crippen molar-refractivity contribution >= 4 is 17.5 Å². The number of nitrogens with one attached hydrogen (secondary N) is 1. The molecule has 120 valence electrons. The summed E-state index contributed by atoms with van der Waals surface area (Å²) in [6.07, 6.45) is 3.43. The molecule has 1 saturated carbocycles. The molecule has 0 radical (unpaired) electrons. The highest BCUT2D eigenvalue weighted by atomic mass is 16.5. The van der Waals surface area contributed by atoms with E-state index in [0.717, 1.165) is 19.5 Å². The van der Waals surface area contributed by atoms with Crippen LogP contribution in [0.2, 0.25) is 0 Å². The Kier molecular flexibility index (Phi) is 5.81. The maximum absolute atomic E-state index is 12.2. The number of hydrogen-bond donors (Lipinski definition) is 1. The van der Waals surface area contributed by atoms with E-state index in [9.17, 15) is 9.59 Å². The highest BCUT2D eigenvalue weighted by Crippen LogP contribution is 2.29. The van der Waals surface area contributed by atoms with Gasteiger partial charge in [-0.1, -0.05) is 6.92 Å². The molecule has 0 aromatic heterocycles. The van der Waals surface area contributed by atoms with Crippen LogP contribution in [0.4, 0.5) is 5.69 Å². The molecular weight excluding hydrogens is 280 g/mol. The Morgan fingerprint density at radius 2 is 1.95 bits per heavy atom.